The van der Waals surface area contributed by atoms with Crippen LogP contribution in [0.2, 0.25) is 10.0 Å². The summed E-state index contributed by atoms with van der Waals surface area (Å²) >= 11 is 13.1. The van der Waals surface area contributed by atoms with Crippen molar-refractivity contribution in [2.75, 3.05) is 32.6 Å². The first-order valence-electron chi connectivity index (χ1n) is 10.00. The molecule has 1 N–H and O–H groups in total. The van der Waals surface area contributed by atoms with Crippen LogP contribution in [0.5, 0.6) is 11.5 Å². The molecule has 0 radical (unpaired) electrons. The van der Waals surface area contributed by atoms with Gasteiger partial charge in [0.25, 0.3) is 0 Å². The third-order valence-corrected chi connectivity index (χ3v) is 6.20. The molecule has 0 aliphatic carbocycles. The molecule has 3 aromatic rings. The lowest BCUT2D eigenvalue weighted by molar-refractivity contribution is -0.125. The molecule has 1 aromatic heterocycles. The number of likely N-dealkylation sites (tertiary alicyclic amines) is 1. The molecule has 1 atom stereocenters. The molecule has 2 aromatic carbocycles. The minimum Gasteiger partial charge on any atom is -0.495 e. The highest BCUT2D eigenvalue weighted by molar-refractivity contribution is 6.41. The topological polar surface area (TPSA) is 76.6 Å². The summed E-state index contributed by atoms with van der Waals surface area (Å²) in [6.07, 6.45) is 3.91. The Morgan fingerprint density at radius 3 is 2.59 bits per heavy atom. The SMILES string of the molecule is C=CC(=O)N1CC[C@@H](Nc2ncc3cc(-c4c(Cl)c(OC)cc(OC)c4Cl)ccc3n2)C1. The summed E-state index contributed by atoms with van der Waals surface area (Å²) < 4.78 is 10.7. The number of nitrogens with one attached hydrogen (secondary N) is 1. The number of ether oxygens (including phenoxy) is 2. The number of nitrogens with zero attached hydrogens (tertiary/aromatic N) is 3. The van der Waals surface area contributed by atoms with E-state index in [4.69, 9.17) is 32.7 Å². The molecule has 32 heavy (non-hydrogen) atoms. The quantitative estimate of drug-likeness (QED) is 0.518. The highest BCUT2D eigenvalue weighted by Crippen LogP contribution is 2.46. The van der Waals surface area contributed by atoms with Crippen LogP contribution in [-0.2, 0) is 4.79 Å². The highest BCUT2D eigenvalue weighted by atomic mass is 35.5. The van der Waals surface area contributed by atoms with Crippen molar-refractivity contribution in [3.05, 3.63) is 53.2 Å². The lowest BCUT2D eigenvalue weighted by atomic mass is 10.0. The van der Waals surface area contributed by atoms with Gasteiger partial charge in [-0.2, -0.15) is 0 Å². The molecule has 0 bridgehead atoms. The van der Waals surface area contributed by atoms with Crippen molar-refractivity contribution in [2.45, 2.75) is 12.5 Å². The largest absolute Gasteiger partial charge is 0.495 e. The number of hydrogen-bond donors (Lipinski definition) is 1. The summed E-state index contributed by atoms with van der Waals surface area (Å²) in [7, 11) is 3.08. The molecule has 1 fully saturated rings. The summed E-state index contributed by atoms with van der Waals surface area (Å²) in [5, 5.41) is 4.94. The van der Waals surface area contributed by atoms with Crippen LogP contribution in [0.15, 0.2) is 43.1 Å². The van der Waals surface area contributed by atoms with E-state index in [0.717, 1.165) is 22.9 Å². The molecule has 1 saturated heterocycles. The van der Waals surface area contributed by atoms with Gasteiger partial charge in [-0.3, -0.25) is 4.79 Å². The summed E-state index contributed by atoms with van der Waals surface area (Å²) in [6, 6.07) is 7.45. The maximum Gasteiger partial charge on any atom is 0.246 e. The van der Waals surface area contributed by atoms with Gasteiger partial charge in [0, 0.05) is 42.3 Å². The van der Waals surface area contributed by atoms with Crippen LogP contribution >= 0.6 is 23.2 Å². The molecule has 0 unspecified atom stereocenters. The van der Waals surface area contributed by atoms with Gasteiger partial charge in [-0.1, -0.05) is 35.8 Å². The number of fused-ring (bicyclic) bond motifs is 1. The second-order valence-electron chi connectivity index (χ2n) is 7.37. The second-order valence-corrected chi connectivity index (χ2v) is 8.13. The molecular formula is C23H22Cl2N4O3. The Hall–Kier alpha value is -3.03. The Bertz CT molecular complexity index is 1170. The Morgan fingerprint density at radius 2 is 1.94 bits per heavy atom. The van der Waals surface area contributed by atoms with Crippen LogP contribution in [-0.4, -0.2) is 54.1 Å². The zero-order valence-electron chi connectivity index (χ0n) is 17.7. The fraction of sp³-hybridized carbons (Fsp3) is 0.261. The first-order chi connectivity index (χ1) is 15.4. The molecule has 1 aliphatic heterocycles. The molecule has 4 rings (SSSR count). The fourth-order valence-electron chi connectivity index (χ4n) is 3.79. The first kappa shape index (κ1) is 22.2. The molecule has 2 heterocycles. The van der Waals surface area contributed by atoms with Crippen molar-refractivity contribution in [2.24, 2.45) is 0 Å². The number of benzene rings is 2. The van der Waals surface area contributed by atoms with Gasteiger partial charge in [-0.05, 0) is 30.2 Å². The third-order valence-electron chi connectivity index (χ3n) is 5.45. The maximum atomic E-state index is 11.8. The van der Waals surface area contributed by atoms with Gasteiger partial charge in [0.1, 0.15) is 11.5 Å². The maximum absolute atomic E-state index is 11.8. The molecule has 1 amide bonds. The average Bonchev–Trinajstić information content (AvgIpc) is 3.27. The number of carbonyl (C=O) groups is 1. The lowest BCUT2D eigenvalue weighted by Gasteiger charge is -2.16. The van der Waals surface area contributed by atoms with E-state index >= 15 is 0 Å². The van der Waals surface area contributed by atoms with Gasteiger partial charge in [-0.25, -0.2) is 9.97 Å². The third kappa shape index (κ3) is 4.18. The van der Waals surface area contributed by atoms with Crippen LogP contribution in [0.25, 0.3) is 22.0 Å². The fourth-order valence-corrected chi connectivity index (χ4v) is 4.51. The van der Waals surface area contributed by atoms with Crippen molar-refractivity contribution < 1.29 is 14.3 Å². The summed E-state index contributed by atoms with van der Waals surface area (Å²) in [5.74, 6) is 1.40. The molecular weight excluding hydrogens is 451 g/mol. The molecule has 0 saturated carbocycles. The van der Waals surface area contributed by atoms with E-state index in [0.29, 0.717) is 46.1 Å². The van der Waals surface area contributed by atoms with E-state index < -0.39 is 0 Å². The minimum absolute atomic E-state index is 0.0623. The molecule has 9 heteroatoms. The van der Waals surface area contributed by atoms with Crippen LogP contribution in [0.4, 0.5) is 5.95 Å². The first-order valence-corrected chi connectivity index (χ1v) is 10.8. The van der Waals surface area contributed by atoms with Gasteiger partial charge in [-0.15, -0.1) is 0 Å². The standard InChI is InChI=1S/C23H22Cl2N4O3/c1-4-19(30)29-8-7-15(12-29)27-23-26-11-14-9-13(5-6-16(14)28-23)20-21(24)17(31-2)10-18(32-3)22(20)25/h4-6,9-11,15H,1,7-8,12H2,2-3H3,(H,26,27,28)/t15-/m1/s1. The number of hydrogen-bond acceptors (Lipinski definition) is 6. The number of anilines is 1. The van der Waals surface area contributed by atoms with Gasteiger partial charge in [0.05, 0.1) is 29.8 Å². The molecule has 0 spiro atoms. The number of aromatic nitrogens is 2. The van der Waals surface area contributed by atoms with Gasteiger partial charge < -0.3 is 19.7 Å². The number of carbonyl (C=O) groups excluding carboxylic acids is 1. The van der Waals surface area contributed by atoms with Crippen LogP contribution in [0.1, 0.15) is 6.42 Å². The smallest absolute Gasteiger partial charge is 0.246 e. The zero-order chi connectivity index (χ0) is 22.8. The minimum atomic E-state index is -0.0623. The van der Waals surface area contributed by atoms with Gasteiger partial charge in [0.15, 0.2) is 0 Å². The predicted molar refractivity (Wildman–Crippen MR) is 127 cm³/mol. The van der Waals surface area contributed by atoms with Crippen molar-refractivity contribution in [3.8, 4) is 22.6 Å². The number of halogens is 2. The number of rotatable bonds is 6. The summed E-state index contributed by atoms with van der Waals surface area (Å²) in [4.78, 5) is 22.6. The number of amides is 1. The van der Waals surface area contributed by atoms with Crippen LogP contribution < -0.4 is 14.8 Å². The average molecular weight is 473 g/mol. The highest BCUT2D eigenvalue weighted by Gasteiger charge is 2.25. The Labute approximate surface area is 196 Å². The van der Waals surface area contributed by atoms with Crippen molar-refractivity contribution in [1.82, 2.24) is 14.9 Å². The number of methoxy groups -OCH3 is 2. The van der Waals surface area contributed by atoms with E-state index in [1.54, 1.807) is 17.2 Å². The lowest BCUT2D eigenvalue weighted by Crippen LogP contribution is -2.30. The van der Waals surface area contributed by atoms with E-state index in [2.05, 4.69) is 21.9 Å². The van der Waals surface area contributed by atoms with E-state index in [1.165, 1.54) is 20.3 Å². The Morgan fingerprint density at radius 1 is 1.22 bits per heavy atom. The second kappa shape index (κ2) is 9.22. The predicted octanol–water partition coefficient (Wildman–Crippen LogP) is 4.82. The molecule has 1 aliphatic rings. The molecule has 7 nitrogen and oxygen atoms in total. The monoisotopic (exact) mass is 472 g/mol. The van der Waals surface area contributed by atoms with Crippen molar-refractivity contribution >= 4 is 46.0 Å². The zero-order valence-corrected chi connectivity index (χ0v) is 19.2. The summed E-state index contributed by atoms with van der Waals surface area (Å²) in [5.41, 5.74) is 2.18. The van der Waals surface area contributed by atoms with Gasteiger partial charge >= 0.3 is 0 Å². The van der Waals surface area contributed by atoms with E-state index in [-0.39, 0.29) is 11.9 Å². The van der Waals surface area contributed by atoms with E-state index in [1.807, 2.05) is 18.2 Å². The van der Waals surface area contributed by atoms with E-state index in [9.17, 15) is 4.79 Å². The van der Waals surface area contributed by atoms with Crippen LogP contribution in [0, 0.1) is 0 Å². The summed E-state index contributed by atoms with van der Waals surface area (Å²) in [6.45, 7) is 4.82. The van der Waals surface area contributed by atoms with Crippen LogP contribution in [0.3, 0.4) is 0 Å². The molecule has 166 valence electrons. The van der Waals surface area contributed by atoms with Gasteiger partial charge in [0.2, 0.25) is 11.9 Å². The van der Waals surface area contributed by atoms with Crippen molar-refractivity contribution in [1.29, 1.82) is 0 Å². The Balaban J connectivity index is 1.62. The Kier molecular flexibility index (Phi) is 6.39. The normalized spacial score (nSPS) is 15.6. The van der Waals surface area contributed by atoms with Crippen molar-refractivity contribution in [3.63, 3.8) is 0 Å².